The normalized spacial score (nSPS) is 12.4. The number of hydrogen-bond donors (Lipinski definition) is 1. The number of carbonyl (C=O) groups excluding carboxylic acids is 3. The van der Waals surface area contributed by atoms with Crippen LogP contribution < -0.4 is 10.6 Å². The second-order valence-electron chi connectivity index (χ2n) is 9.21. The lowest BCUT2D eigenvalue weighted by Gasteiger charge is -2.29. The monoisotopic (exact) mass is 473 g/mol. The van der Waals surface area contributed by atoms with Gasteiger partial charge >= 0.3 is 0 Å². The Bertz CT molecular complexity index is 1250. The molecule has 4 rings (SSSR count). The Hall–Kier alpha value is -3.81. The van der Waals surface area contributed by atoms with E-state index in [1.165, 1.54) is 0 Å². The summed E-state index contributed by atoms with van der Waals surface area (Å²) in [7, 11) is 0. The number of para-hydroxylation sites is 1. The number of aryl methyl sites for hydroxylation is 1. The van der Waals surface area contributed by atoms with Crippen molar-refractivity contribution in [2.24, 2.45) is 11.7 Å². The Morgan fingerprint density at radius 1 is 0.943 bits per heavy atom. The summed E-state index contributed by atoms with van der Waals surface area (Å²) in [5.74, 6) is -0.422. The molecule has 0 saturated heterocycles. The molecule has 1 aromatic heterocycles. The molecule has 3 aromatic rings. The Morgan fingerprint density at radius 2 is 1.66 bits per heavy atom. The second kappa shape index (κ2) is 10.6. The van der Waals surface area contributed by atoms with Crippen molar-refractivity contribution >= 4 is 23.3 Å². The standard InChI is InChI=1S/C27H31N5O3/c1-18(2)23(33)14-15-25(35)31-17-19-9-3-4-10-20(19)26-27(21-11-5-6-12-22(21)31)32(30-29-26)16-8-7-13-24(28)34/h3-6,9-12,18H,7-8,13-17H2,1-2H3,(H2,28,34). The molecule has 2 aromatic carbocycles. The van der Waals surface area contributed by atoms with Crippen molar-refractivity contribution in [3.05, 3.63) is 54.1 Å². The Balaban J connectivity index is 1.76. The molecule has 0 saturated carbocycles. The molecule has 0 spiro atoms. The summed E-state index contributed by atoms with van der Waals surface area (Å²) >= 11 is 0. The predicted octanol–water partition coefficient (Wildman–Crippen LogP) is 4.12. The van der Waals surface area contributed by atoms with Crippen molar-refractivity contribution in [3.63, 3.8) is 0 Å². The van der Waals surface area contributed by atoms with Crippen LogP contribution in [-0.4, -0.2) is 32.6 Å². The second-order valence-corrected chi connectivity index (χ2v) is 9.21. The quantitative estimate of drug-likeness (QED) is 0.470. The van der Waals surface area contributed by atoms with Crippen LogP contribution in [-0.2, 0) is 27.5 Å². The number of unbranched alkanes of at least 4 members (excludes halogenated alkanes) is 1. The summed E-state index contributed by atoms with van der Waals surface area (Å²) < 4.78 is 1.85. The van der Waals surface area contributed by atoms with E-state index in [9.17, 15) is 14.4 Å². The number of hydrogen-bond acceptors (Lipinski definition) is 5. The van der Waals surface area contributed by atoms with Gasteiger partial charge in [0, 0.05) is 42.9 Å². The number of primary amides is 1. The van der Waals surface area contributed by atoms with Gasteiger partial charge in [-0.2, -0.15) is 0 Å². The summed E-state index contributed by atoms with van der Waals surface area (Å²) in [6.07, 6.45) is 2.10. The van der Waals surface area contributed by atoms with Crippen LogP contribution >= 0.6 is 0 Å². The molecule has 0 fully saturated rings. The first-order chi connectivity index (χ1) is 16.9. The third-order valence-electron chi connectivity index (χ3n) is 6.36. The number of nitrogens with two attached hydrogens (primary N) is 1. The highest BCUT2D eigenvalue weighted by molar-refractivity contribution is 6.01. The molecule has 0 aliphatic carbocycles. The molecular weight excluding hydrogens is 442 g/mol. The third-order valence-corrected chi connectivity index (χ3v) is 6.36. The summed E-state index contributed by atoms with van der Waals surface area (Å²) in [5.41, 5.74) is 10.4. The van der Waals surface area contributed by atoms with Gasteiger partial charge in [0.05, 0.1) is 17.9 Å². The van der Waals surface area contributed by atoms with Crippen LogP contribution in [0.2, 0.25) is 0 Å². The molecule has 1 aliphatic heterocycles. The van der Waals surface area contributed by atoms with Gasteiger partial charge in [-0.15, -0.1) is 5.10 Å². The van der Waals surface area contributed by atoms with Gasteiger partial charge in [0.1, 0.15) is 11.5 Å². The average Bonchev–Trinajstić information content (AvgIpc) is 3.25. The van der Waals surface area contributed by atoms with E-state index in [0.29, 0.717) is 25.9 Å². The number of anilines is 1. The first-order valence-electron chi connectivity index (χ1n) is 12.1. The topological polar surface area (TPSA) is 111 Å². The number of rotatable bonds is 9. The fourth-order valence-corrected chi connectivity index (χ4v) is 4.41. The highest BCUT2D eigenvalue weighted by atomic mass is 16.2. The van der Waals surface area contributed by atoms with E-state index in [-0.39, 0.29) is 36.4 Å². The smallest absolute Gasteiger partial charge is 0.227 e. The molecule has 0 bridgehead atoms. The largest absolute Gasteiger partial charge is 0.370 e. The molecular formula is C27H31N5O3. The zero-order chi connectivity index (χ0) is 24.9. The van der Waals surface area contributed by atoms with Gasteiger partial charge in [-0.3, -0.25) is 14.4 Å². The minimum atomic E-state index is -0.316. The van der Waals surface area contributed by atoms with Crippen LogP contribution in [0.3, 0.4) is 0 Å². The third kappa shape index (κ3) is 5.31. The number of carbonyl (C=O) groups is 3. The van der Waals surface area contributed by atoms with Crippen molar-refractivity contribution in [2.45, 2.75) is 59.0 Å². The zero-order valence-corrected chi connectivity index (χ0v) is 20.2. The van der Waals surface area contributed by atoms with E-state index in [2.05, 4.69) is 10.3 Å². The van der Waals surface area contributed by atoms with Gasteiger partial charge in [0.25, 0.3) is 0 Å². The SMILES string of the molecule is CC(C)C(=O)CCC(=O)N1Cc2ccccc2-c2nnn(CCCCC(N)=O)c2-c2ccccc21. The summed E-state index contributed by atoms with van der Waals surface area (Å²) in [6, 6.07) is 15.7. The fourth-order valence-electron chi connectivity index (χ4n) is 4.41. The number of benzene rings is 2. The van der Waals surface area contributed by atoms with E-state index >= 15 is 0 Å². The highest BCUT2D eigenvalue weighted by Gasteiger charge is 2.29. The van der Waals surface area contributed by atoms with E-state index in [1.54, 1.807) is 4.90 Å². The van der Waals surface area contributed by atoms with Crippen molar-refractivity contribution in [3.8, 4) is 22.5 Å². The molecule has 35 heavy (non-hydrogen) atoms. The number of nitrogens with zero attached hydrogens (tertiary/aromatic N) is 4. The number of Topliss-reactive ketones (excluding diaryl/α,β-unsaturated/α-hetero) is 1. The Labute approximate surface area is 205 Å². The lowest BCUT2D eigenvalue weighted by Crippen LogP contribution is -2.32. The minimum Gasteiger partial charge on any atom is -0.370 e. The molecule has 2 heterocycles. The van der Waals surface area contributed by atoms with Crippen LogP contribution in [0.1, 0.15) is 51.5 Å². The summed E-state index contributed by atoms with van der Waals surface area (Å²) in [5, 5.41) is 8.98. The van der Waals surface area contributed by atoms with Crippen molar-refractivity contribution < 1.29 is 14.4 Å². The van der Waals surface area contributed by atoms with Gasteiger partial charge in [-0.05, 0) is 24.5 Å². The lowest BCUT2D eigenvalue weighted by molar-refractivity contribution is -0.125. The predicted molar refractivity (Wildman–Crippen MR) is 134 cm³/mol. The lowest BCUT2D eigenvalue weighted by atomic mass is 9.95. The van der Waals surface area contributed by atoms with Crippen LogP contribution in [0.5, 0.6) is 0 Å². The first-order valence-corrected chi connectivity index (χ1v) is 12.1. The van der Waals surface area contributed by atoms with Gasteiger partial charge in [-0.25, -0.2) is 4.68 Å². The zero-order valence-electron chi connectivity index (χ0n) is 20.2. The van der Waals surface area contributed by atoms with Crippen molar-refractivity contribution in [1.29, 1.82) is 0 Å². The van der Waals surface area contributed by atoms with Crippen molar-refractivity contribution in [1.82, 2.24) is 15.0 Å². The number of amides is 2. The van der Waals surface area contributed by atoms with Crippen LogP contribution in [0.15, 0.2) is 48.5 Å². The fraction of sp³-hybridized carbons (Fsp3) is 0.370. The minimum absolute atomic E-state index is 0.0830. The summed E-state index contributed by atoms with van der Waals surface area (Å²) in [6.45, 7) is 4.66. The van der Waals surface area contributed by atoms with Crippen molar-refractivity contribution in [2.75, 3.05) is 4.90 Å². The van der Waals surface area contributed by atoms with E-state index in [1.807, 2.05) is 67.1 Å². The van der Waals surface area contributed by atoms with E-state index in [0.717, 1.165) is 40.2 Å². The highest BCUT2D eigenvalue weighted by Crippen LogP contribution is 2.41. The Morgan fingerprint density at radius 3 is 2.40 bits per heavy atom. The van der Waals surface area contributed by atoms with Gasteiger partial charge in [0.15, 0.2) is 0 Å². The van der Waals surface area contributed by atoms with Crippen LogP contribution in [0.4, 0.5) is 5.69 Å². The Kier molecular flexibility index (Phi) is 7.39. The van der Waals surface area contributed by atoms with Gasteiger partial charge in [0.2, 0.25) is 11.8 Å². The average molecular weight is 474 g/mol. The molecule has 0 radical (unpaired) electrons. The number of aromatic nitrogens is 3. The number of fused-ring (bicyclic) bond motifs is 5. The van der Waals surface area contributed by atoms with Crippen LogP contribution in [0.25, 0.3) is 22.5 Å². The maximum absolute atomic E-state index is 13.5. The van der Waals surface area contributed by atoms with E-state index in [4.69, 9.17) is 5.73 Å². The first kappa shape index (κ1) is 24.3. The molecule has 0 atom stereocenters. The molecule has 2 amide bonds. The molecule has 182 valence electrons. The maximum Gasteiger partial charge on any atom is 0.227 e. The molecule has 1 aliphatic rings. The molecule has 0 unspecified atom stereocenters. The maximum atomic E-state index is 13.5. The summed E-state index contributed by atoms with van der Waals surface area (Å²) in [4.78, 5) is 38.6. The van der Waals surface area contributed by atoms with Gasteiger partial charge < -0.3 is 10.6 Å². The molecule has 8 nitrogen and oxygen atoms in total. The van der Waals surface area contributed by atoms with Crippen LogP contribution in [0, 0.1) is 5.92 Å². The molecule has 2 N–H and O–H groups in total. The van der Waals surface area contributed by atoms with E-state index < -0.39 is 0 Å². The molecule has 8 heteroatoms. The van der Waals surface area contributed by atoms with Gasteiger partial charge in [-0.1, -0.05) is 61.5 Å². The number of ketones is 1.